The Labute approximate surface area is 338 Å². The molecular formula is C56H33N3. The zero-order valence-corrected chi connectivity index (χ0v) is 31.9. The predicted molar refractivity (Wildman–Crippen MR) is 250 cm³/mol. The third-order valence-corrected chi connectivity index (χ3v) is 13.1. The van der Waals surface area contributed by atoms with E-state index in [9.17, 15) is 0 Å². The van der Waals surface area contributed by atoms with Gasteiger partial charge in [0.2, 0.25) is 0 Å². The summed E-state index contributed by atoms with van der Waals surface area (Å²) in [5.41, 5.74) is 13.4. The summed E-state index contributed by atoms with van der Waals surface area (Å²) in [6, 6.07) is 74.4. The van der Waals surface area contributed by atoms with E-state index in [1.165, 1.54) is 126 Å². The molecule has 3 nitrogen and oxygen atoms in total. The lowest BCUT2D eigenvalue weighted by atomic mass is 10.0. The Kier molecular flexibility index (Phi) is 6.02. The highest BCUT2D eigenvalue weighted by Crippen LogP contribution is 2.43. The summed E-state index contributed by atoms with van der Waals surface area (Å²) in [5.74, 6) is 0. The van der Waals surface area contributed by atoms with Gasteiger partial charge in [-0.3, -0.25) is 0 Å². The lowest BCUT2D eigenvalue weighted by Crippen LogP contribution is -1.94. The lowest BCUT2D eigenvalue weighted by Gasteiger charge is -2.11. The molecule has 0 unspecified atom stereocenters. The molecule has 0 N–H and O–H groups in total. The summed E-state index contributed by atoms with van der Waals surface area (Å²) in [6.45, 7) is 0. The average molecular weight is 748 g/mol. The van der Waals surface area contributed by atoms with Crippen molar-refractivity contribution < 1.29 is 0 Å². The second kappa shape index (κ2) is 11.4. The molecule has 3 heteroatoms. The lowest BCUT2D eigenvalue weighted by molar-refractivity contribution is 1.19. The fourth-order valence-corrected chi connectivity index (χ4v) is 10.5. The first kappa shape index (κ1) is 31.2. The number of nitrogens with zero attached hydrogens (tertiary/aromatic N) is 3. The van der Waals surface area contributed by atoms with Crippen LogP contribution in [-0.2, 0) is 0 Å². The van der Waals surface area contributed by atoms with Crippen molar-refractivity contribution in [1.82, 2.24) is 13.5 Å². The first-order valence-corrected chi connectivity index (χ1v) is 20.4. The molecular weight excluding hydrogens is 715 g/mol. The molecule has 0 atom stereocenters. The van der Waals surface area contributed by atoms with E-state index in [1.54, 1.807) is 0 Å². The van der Waals surface area contributed by atoms with Crippen LogP contribution in [0.15, 0.2) is 200 Å². The van der Waals surface area contributed by atoms with Gasteiger partial charge in [0.1, 0.15) is 0 Å². The van der Waals surface area contributed by atoms with Crippen molar-refractivity contribution in [3.8, 4) is 22.5 Å². The summed E-state index contributed by atoms with van der Waals surface area (Å²) < 4.78 is 7.35. The van der Waals surface area contributed by atoms with Gasteiger partial charge in [0, 0.05) is 54.5 Å². The van der Waals surface area contributed by atoms with Crippen molar-refractivity contribution in [3.05, 3.63) is 200 Å². The summed E-state index contributed by atoms with van der Waals surface area (Å²) >= 11 is 0. The van der Waals surface area contributed by atoms with Crippen molar-refractivity contribution in [2.24, 2.45) is 0 Å². The molecule has 14 aromatic rings. The molecule has 0 fully saturated rings. The number of rotatable bonds is 3. The topological polar surface area (TPSA) is 14.3 Å². The van der Waals surface area contributed by atoms with Crippen LogP contribution in [0.25, 0.3) is 126 Å². The molecule has 0 aliphatic rings. The van der Waals surface area contributed by atoms with Crippen molar-refractivity contribution in [1.29, 1.82) is 0 Å². The van der Waals surface area contributed by atoms with Crippen LogP contribution in [0.1, 0.15) is 0 Å². The van der Waals surface area contributed by atoms with E-state index in [4.69, 9.17) is 0 Å². The SMILES string of the molecule is c1ccc2cc3cc(-n4c5ccccc5c5cc(-c6ccc7c(c6)c6ccccc6n7-c6cc7c8ccccc8n8c9ccccc9c(c6)c78)ccc54)ccc3cc2c1. The molecule has 0 bridgehead atoms. The van der Waals surface area contributed by atoms with Gasteiger partial charge in [-0.15, -0.1) is 0 Å². The average Bonchev–Trinajstić information content (AvgIpc) is 4.02. The normalized spacial score (nSPS) is 12.4. The highest BCUT2D eigenvalue weighted by atomic mass is 15.0. The number of hydrogen-bond donors (Lipinski definition) is 0. The standard InChI is InChI=1S/C56H33N3/c1-2-12-35-28-39-29-40(24-21-36(39)27-34(35)11-1)57-50-17-7-3-13-42(50)46-30-37(22-25-54(46)57)38-23-26-55-47(31-38)43-14-4-8-18-51(43)58(55)41-32-48-44-15-5-9-19-52(44)59-53-20-10-6-16-45(53)49(33-41)56(48)59/h1-33H. The van der Waals surface area contributed by atoms with Crippen LogP contribution in [0.4, 0.5) is 0 Å². The maximum Gasteiger partial charge on any atom is 0.0622 e. The summed E-state index contributed by atoms with van der Waals surface area (Å²) in [6.07, 6.45) is 0. The smallest absolute Gasteiger partial charge is 0.0622 e. The Morgan fingerprint density at radius 1 is 0.237 bits per heavy atom. The van der Waals surface area contributed by atoms with Gasteiger partial charge in [0.25, 0.3) is 0 Å². The number of fused-ring (bicyclic) bond motifs is 14. The monoisotopic (exact) mass is 747 g/mol. The Morgan fingerprint density at radius 3 is 1.22 bits per heavy atom. The fourth-order valence-electron chi connectivity index (χ4n) is 10.5. The van der Waals surface area contributed by atoms with Crippen molar-refractivity contribution in [3.63, 3.8) is 0 Å². The third kappa shape index (κ3) is 4.21. The first-order chi connectivity index (χ1) is 29.2. The van der Waals surface area contributed by atoms with Crippen molar-refractivity contribution in [2.75, 3.05) is 0 Å². The Hall–Kier alpha value is -7.88. The van der Waals surface area contributed by atoms with E-state index < -0.39 is 0 Å². The summed E-state index contributed by atoms with van der Waals surface area (Å²) in [7, 11) is 0. The zero-order valence-electron chi connectivity index (χ0n) is 31.9. The molecule has 0 saturated carbocycles. The Balaban J connectivity index is 0.957. The molecule has 59 heavy (non-hydrogen) atoms. The Bertz CT molecular complexity index is 4000. The molecule has 272 valence electrons. The third-order valence-electron chi connectivity index (χ3n) is 13.1. The van der Waals surface area contributed by atoms with Gasteiger partial charge < -0.3 is 13.5 Å². The quantitative estimate of drug-likeness (QED) is 0.160. The van der Waals surface area contributed by atoms with Crippen LogP contribution in [0.2, 0.25) is 0 Å². The van der Waals surface area contributed by atoms with Gasteiger partial charge in [0.15, 0.2) is 0 Å². The highest BCUT2D eigenvalue weighted by molar-refractivity contribution is 6.24. The van der Waals surface area contributed by atoms with Gasteiger partial charge in [0.05, 0.1) is 38.6 Å². The van der Waals surface area contributed by atoms with E-state index in [1.807, 2.05) is 0 Å². The highest BCUT2D eigenvalue weighted by Gasteiger charge is 2.21. The minimum atomic E-state index is 1.17. The number of benzene rings is 10. The van der Waals surface area contributed by atoms with E-state index in [-0.39, 0.29) is 0 Å². The van der Waals surface area contributed by atoms with E-state index in [2.05, 4.69) is 214 Å². The molecule has 4 heterocycles. The minimum absolute atomic E-state index is 1.17. The maximum atomic E-state index is 2.47. The van der Waals surface area contributed by atoms with Crippen LogP contribution in [0.3, 0.4) is 0 Å². The van der Waals surface area contributed by atoms with Crippen LogP contribution in [0.5, 0.6) is 0 Å². The summed E-state index contributed by atoms with van der Waals surface area (Å²) in [4.78, 5) is 0. The molecule has 0 aliphatic carbocycles. The number of hydrogen-bond acceptors (Lipinski definition) is 0. The van der Waals surface area contributed by atoms with Crippen LogP contribution < -0.4 is 0 Å². The van der Waals surface area contributed by atoms with Crippen molar-refractivity contribution in [2.45, 2.75) is 0 Å². The molecule has 0 radical (unpaired) electrons. The van der Waals surface area contributed by atoms with Crippen LogP contribution >= 0.6 is 0 Å². The van der Waals surface area contributed by atoms with E-state index >= 15 is 0 Å². The molecule has 0 aliphatic heterocycles. The van der Waals surface area contributed by atoms with Crippen molar-refractivity contribution >= 4 is 103 Å². The minimum Gasteiger partial charge on any atom is -0.309 e. The van der Waals surface area contributed by atoms with Gasteiger partial charge in [-0.25, -0.2) is 0 Å². The van der Waals surface area contributed by atoms with Gasteiger partial charge in [-0.05, 0) is 118 Å². The van der Waals surface area contributed by atoms with E-state index in [0.717, 1.165) is 0 Å². The second-order valence-corrected chi connectivity index (χ2v) is 16.2. The Morgan fingerprint density at radius 2 is 0.661 bits per heavy atom. The molecule has 4 aromatic heterocycles. The first-order valence-electron chi connectivity index (χ1n) is 20.4. The zero-order chi connectivity index (χ0) is 38.3. The molecule has 10 aromatic carbocycles. The van der Waals surface area contributed by atoms with E-state index in [0.29, 0.717) is 0 Å². The van der Waals surface area contributed by atoms with Gasteiger partial charge >= 0.3 is 0 Å². The second-order valence-electron chi connectivity index (χ2n) is 16.2. The fraction of sp³-hybridized carbons (Fsp3) is 0. The van der Waals surface area contributed by atoms with Gasteiger partial charge in [-0.2, -0.15) is 0 Å². The largest absolute Gasteiger partial charge is 0.309 e. The van der Waals surface area contributed by atoms with Crippen LogP contribution in [0, 0.1) is 0 Å². The molecule has 0 saturated heterocycles. The van der Waals surface area contributed by atoms with Crippen LogP contribution in [-0.4, -0.2) is 13.5 Å². The molecule has 0 spiro atoms. The number of aromatic nitrogens is 3. The predicted octanol–water partition coefficient (Wildman–Crippen LogP) is 15.0. The number of para-hydroxylation sites is 4. The molecule has 0 amide bonds. The van der Waals surface area contributed by atoms with Gasteiger partial charge in [-0.1, -0.05) is 115 Å². The summed E-state index contributed by atoms with van der Waals surface area (Å²) in [5, 5.41) is 15.2. The maximum absolute atomic E-state index is 2.47. The molecule has 14 rings (SSSR count).